The number of anilines is 1. The van der Waals surface area contributed by atoms with Gasteiger partial charge in [0.15, 0.2) is 5.82 Å². The minimum Gasteiger partial charge on any atom is -0.496 e. The number of para-hydroxylation sites is 1. The van der Waals surface area contributed by atoms with Gasteiger partial charge in [0.1, 0.15) is 17.2 Å². The third kappa shape index (κ3) is 5.85. The Morgan fingerprint density at radius 3 is 2.52 bits per heavy atom. The molecule has 3 aromatic carbocycles. The molecule has 1 amide bonds. The number of methoxy groups -OCH3 is 1. The van der Waals surface area contributed by atoms with Crippen LogP contribution in [0.4, 0.5) is 5.69 Å². The molecule has 1 atom stereocenters. The molecule has 2 N–H and O–H groups in total. The van der Waals surface area contributed by atoms with Crippen LogP contribution in [-0.4, -0.2) is 33.4 Å². The number of amides is 1. The Hall–Kier alpha value is -3.49. The van der Waals surface area contributed by atoms with Crippen molar-refractivity contribution in [2.75, 3.05) is 12.4 Å². The van der Waals surface area contributed by atoms with Gasteiger partial charge in [0.05, 0.1) is 17.9 Å². The van der Waals surface area contributed by atoms with Gasteiger partial charge >= 0.3 is 0 Å². The summed E-state index contributed by atoms with van der Waals surface area (Å²) >= 11 is 7.34. The summed E-state index contributed by atoms with van der Waals surface area (Å²) in [7, 11) is 1.57. The lowest BCUT2D eigenvalue weighted by Gasteiger charge is -2.11. The van der Waals surface area contributed by atoms with Crippen LogP contribution in [-0.2, 0) is 4.79 Å². The standard InChI is InChI=1S/C24H21ClN4O3S/c1-15(33-24-27-22(28-29-24)20-14-16(25)8-13-21(20)31-2)23(30)26-17-9-11-19(12-10-17)32-18-6-4-3-5-7-18/h3-15H,1-2H3,(H,26,30)(H,27,28,29). The molecule has 9 heteroatoms. The number of H-pyrrole nitrogens is 1. The van der Waals surface area contributed by atoms with E-state index in [0.717, 1.165) is 5.75 Å². The number of thioether (sulfide) groups is 1. The summed E-state index contributed by atoms with van der Waals surface area (Å²) in [5.41, 5.74) is 1.37. The van der Waals surface area contributed by atoms with Crippen LogP contribution < -0.4 is 14.8 Å². The zero-order valence-corrected chi connectivity index (χ0v) is 19.5. The molecule has 0 fully saturated rings. The van der Waals surface area contributed by atoms with Gasteiger partial charge in [-0.25, -0.2) is 4.98 Å². The van der Waals surface area contributed by atoms with E-state index in [-0.39, 0.29) is 5.91 Å². The average Bonchev–Trinajstić information content (AvgIpc) is 3.29. The average molecular weight is 481 g/mol. The maximum Gasteiger partial charge on any atom is 0.237 e. The van der Waals surface area contributed by atoms with Crippen LogP contribution in [0.2, 0.25) is 5.02 Å². The Morgan fingerprint density at radius 2 is 1.79 bits per heavy atom. The number of nitrogens with one attached hydrogen (secondary N) is 2. The number of aromatic nitrogens is 3. The van der Waals surface area contributed by atoms with E-state index in [4.69, 9.17) is 21.1 Å². The summed E-state index contributed by atoms with van der Waals surface area (Å²) in [4.78, 5) is 17.1. The molecule has 0 aliphatic carbocycles. The summed E-state index contributed by atoms with van der Waals surface area (Å²) in [6.07, 6.45) is 0. The van der Waals surface area contributed by atoms with Crippen molar-refractivity contribution >= 4 is 35.0 Å². The topological polar surface area (TPSA) is 89.1 Å². The molecule has 4 aromatic rings. The largest absolute Gasteiger partial charge is 0.496 e. The van der Waals surface area contributed by atoms with Gasteiger partial charge in [0, 0.05) is 10.7 Å². The SMILES string of the molecule is COc1ccc(Cl)cc1-c1nc(SC(C)C(=O)Nc2ccc(Oc3ccccc3)cc2)n[nH]1. The van der Waals surface area contributed by atoms with Crippen LogP contribution in [0.3, 0.4) is 0 Å². The fraction of sp³-hybridized carbons (Fsp3) is 0.125. The van der Waals surface area contributed by atoms with E-state index in [1.807, 2.05) is 30.3 Å². The van der Waals surface area contributed by atoms with Crippen LogP contribution in [0.25, 0.3) is 11.4 Å². The third-order valence-corrected chi connectivity index (χ3v) is 5.83. The number of ether oxygens (including phenoxy) is 2. The monoisotopic (exact) mass is 480 g/mol. The van der Waals surface area contributed by atoms with Gasteiger partial charge in [-0.15, -0.1) is 5.10 Å². The van der Waals surface area contributed by atoms with Crippen LogP contribution >= 0.6 is 23.4 Å². The molecule has 0 aliphatic rings. The zero-order chi connectivity index (χ0) is 23.2. The number of aromatic amines is 1. The van der Waals surface area contributed by atoms with Crippen molar-refractivity contribution in [1.82, 2.24) is 15.2 Å². The number of nitrogens with zero attached hydrogens (tertiary/aromatic N) is 2. The van der Waals surface area contributed by atoms with E-state index in [2.05, 4.69) is 20.5 Å². The first-order valence-electron chi connectivity index (χ1n) is 10.1. The molecule has 0 radical (unpaired) electrons. The molecule has 168 valence electrons. The van der Waals surface area contributed by atoms with E-state index in [1.54, 1.807) is 56.5 Å². The Labute approximate surface area is 200 Å². The molecule has 33 heavy (non-hydrogen) atoms. The van der Waals surface area contributed by atoms with Crippen molar-refractivity contribution in [3.8, 4) is 28.6 Å². The highest BCUT2D eigenvalue weighted by atomic mass is 35.5. The molecule has 0 saturated carbocycles. The lowest BCUT2D eigenvalue weighted by molar-refractivity contribution is -0.115. The number of hydrogen-bond donors (Lipinski definition) is 2. The van der Waals surface area contributed by atoms with E-state index in [0.29, 0.717) is 38.8 Å². The first-order chi connectivity index (χ1) is 16.0. The first-order valence-corrected chi connectivity index (χ1v) is 11.3. The van der Waals surface area contributed by atoms with Crippen LogP contribution in [0.15, 0.2) is 78.0 Å². The molecule has 7 nitrogen and oxygen atoms in total. The van der Waals surface area contributed by atoms with Crippen molar-refractivity contribution < 1.29 is 14.3 Å². The summed E-state index contributed by atoms with van der Waals surface area (Å²) in [5.74, 6) is 2.41. The minimum atomic E-state index is -0.421. The van der Waals surface area contributed by atoms with E-state index >= 15 is 0 Å². The Kier molecular flexibility index (Phi) is 7.16. The normalized spacial score (nSPS) is 11.6. The maximum atomic E-state index is 12.6. The molecule has 4 rings (SSSR count). The number of carbonyl (C=O) groups is 1. The Balaban J connectivity index is 1.36. The van der Waals surface area contributed by atoms with Crippen molar-refractivity contribution in [3.63, 3.8) is 0 Å². The third-order valence-electron chi connectivity index (χ3n) is 4.63. The first kappa shape index (κ1) is 22.7. The highest BCUT2D eigenvalue weighted by molar-refractivity contribution is 8.00. The number of rotatable bonds is 8. The number of benzene rings is 3. The van der Waals surface area contributed by atoms with Gasteiger partial charge in [0.25, 0.3) is 0 Å². The predicted molar refractivity (Wildman–Crippen MR) is 130 cm³/mol. The molecule has 0 bridgehead atoms. The van der Waals surface area contributed by atoms with E-state index < -0.39 is 5.25 Å². The molecule has 1 aromatic heterocycles. The smallest absolute Gasteiger partial charge is 0.237 e. The summed E-state index contributed by atoms with van der Waals surface area (Å²) in [6.45, 7) is 1.79. The number of carbonyl (C=O) groups excluding carboxylic acids is 1. The summed E-state index contributed by atoms with van der Waals surface area (Å²) < 4.78 is 11.1. The molecule has 0 saturated heterocycles. The van der Waals surface area contributed by atoms with E-state index in [9.17, 15) is 4.79 Å². The van der Waals surface area contributed by atoms with Crippen molar-refractivity contribution in [1.29, 1.82) is 0 Å². The van der Waals surface area contributed by atoms with Crippen LogP contribution in [0.1, 0.15) is 6.92 Å². The zero-order valence-electron chi connectivity index (χ0n) is 17.9. The predicted octanol–water partition coefficient (Wildman–Crippen LogP) is 6.05. The van der Waals surface area contributed by atoms with Gasteiger partial charge in [-0.2, -0.15) is 0 Å². The Morgan fingerprint density at radius 1 is 1.06 bits per heavy atom. The Bertz CT molecular complexity index is 1230. The molecule has 1 unspecified atom stereocenters. The lowest BCUT2D eigenvalue weighted by Crippen LogP contribution is -2.22. The summed E-state index contributed by atoms with van der Waals surface area (Å²) in [6, 6.07) is 22.0. The highest BCUT2D eigenvalue weighted by Gasteiger charge is 2.19. The maximum absolute atomic E-state index is 12.6. The lowest BCUT2D eigenvalue weighted by atomic mass is 10.2. The van der Waals surface area contributed by atoms with Crippen LogP contribution in [0.5, 0.6) is 17.2 Å². The van der Waals surface area contributed by atoms with Gasteiger partial charge < -0.3 is 14.8 Å². The minimum absolute atomic E-state index is 0.164. The number of halogens is 1. The van der Waals surface area contributed by atoms with Gasteiger partial charge in [-0.1, -0.05) is 41.6 Å². The fourth-order valence-corrected chi connectivity index (χ4v) is 3.87. The fourth-order valence-electron chi connectivity index (χ4n) is 2.97. The van der Waals surface area contributed by atoms with Gasteiger partial charge in [-0.05, 0) is 61.5 Å². The van der Waals surface area contributed by atoms with Crippen molar-refractivity contribution in [2.45, 2.75) is 17.3 Å². The molecular formula is C24H21ClN4O3S. The molecule has 0 aliphatic heterocycles. The molecule has 0 spiro atoms. The summed E-state index contributed by atoms with van der Waals surface area (Å²) in [5, 5.41) is 10.6. The number of hydrogen-bond acceptors (Lipinski definition) is 6. The van der Waals surface area contributed by atoms with Gasteiger partial charge in [-0.3, -0.25) is 9.89 Å². The van der Waals surface area contributed by atoms with Crippen molar-refractivity contribution in [2.24, 2.45) is 0 Å². The quantitative estimate of drug-likeness (QED) is 0.298. The highest BCUT2D eigenvalue weighted by Crippen LogP contribution is 2.32. The second-order valence-corrected chi connectivity index (χ2v) is 8.74. The molecular weight excluding hydrogens is 460 g/mol. The second kappa shape index (κ2) is 10.4. The van der Waals surface area contributed by atoms with Crippen molar-refractivity contribution in [3.05, 3.63) is 77.8 Å². The van der Waals surface area contributed by atoms with E-state index in [1.165, 1.54) is 11.8 Å². The second-order valence-electron chi connectivity index (χ2n) is 7.00. The van der Waals surface area contributed by atoms with Gasteiger partial charge in [0.2, 0.25) is 11.1 Å². The van der Waals surface area contributed by atoms with Crippen LogP contribution in [0, 0.1) is 0 Å². The molecule has 1 heterocycles.